The van der Waals surface area contributed by atoms with Gasteiger partial charge in [0.1, 0.15) is 11.6 Å². The third-order valence-corrected chi connectivity index (χ3v) is 7.16. The minimum absolute atomic E-state index is 0.132. The van der Waals surface area contributed by atoms with Crippen LogP contribution in [0.15, 0.2) is 30.3 Å². The Morgan fingerprint density at radius 2 is 1.81 bits per heavy atom. The maximum Gasteiger partial charge on any atom is 0.162 e. The summed E-state index contributed by atoms with van der Waals surface area (Å²) in [5, 5.41) is 4.51. The lowest BCUT2D eigenvalue weighted by atomic mass is 9.89. The fourth-order valence-electron chi connectivity index (χ4n) is 4.21. The summed E-state index contributed by atoms with van der Waals surface area (Å²) in [6.45, 7) is 4.08. The maximum atomic E-state index is 5.49. The molecular formula is C25H31N3O2S. The van der Waals surface area contributed by atoms with Crippen molar-refractivity contribution in [1.82, 2.24) is 9.97 Å². The van der Waals surface area contributed by atoms with Crippen LogP contribution >= 0.6 is 11.3 Å². The van der Waals surface area contributed by atoms with Crippen molar-refractivity contribution in [2.75, 3.05) is 19.5 Å². The Morgan fingerprint density at radius 3 is 2.55 bits per heavy atom. The second-order valence-electron chi connectivity index (χ2n) is 8.21. The number of nitrogens with zero attached hydrogens (tertiary/aromatic N) is 2. The molecule has 0 saturated heterocycles. The van der Waals surface area contributed by atoms with E-state index >= 15 is 0 Å². The number of fused-ring (bicyclic) bond motifs is 1. The summed E-state index contributed by atoms with van der Waals surface area (Å²) in [4.78, 5) is 11.8. The van der Waals surface area contributed by atoms with E-state index in [0.29, 0.717) is 11.5 Å². The van der Waals surface area contributed by atoms with Crippen molar-refractivity contribution in [2.45, 2.75) is 52.0 Å². The van der Waals surface area contributed by atoms with Crippen molar-refractivity contribution < 1.29 is 9.47 Å². The molecule has 1 atom stereocenters. The summed E-state index contributed by atoms with van der Waals surface area (Å²) < 4.78 is 10.9. The lowest BCUT2D eigenvalue weighted by Crippen LogP contribution is -2.08. The Kier molecular flexibility index (Phi) is 6.76. The fraction of sp³-hybridized carbons (Fsp3) is 0.440. The standard InChI is InChI=1S/C25H31N3O2S/c1-16(24-13-12-19(31-24)11-10-18-8-6-5-7-9-18)26-25-20-14-22(29-3)23(30-4)15-21(20)27-17(2)28-25/h10-16,18H,5-9H2,1-4H3,(H,26,27,28)/b11-10+. The van der Waals surface area contributed by atoms with Crippen LogP contribution in [0.3, 0.4) is 0 Å². The molecule has 1 N–H and O–H groups in total. The molecule has 1 fully saturated rings. The molecule has 2 heterocycles. The third-order valence-electron chi connectivity index (χ3n) is 5.92. The summed E-state index contributed by atoms with van der Waals surface area (Å²) in [6.07, 6.45) is 11.5. The smallest absolute Gasteiger partial charge is 0.162 e. The van der Waals surface area contributed by atoms with Gasteiger partial charge in [-0.1, -0.05) is 25.3 Å². The molecule has 2 aromatic heterocycles. The predicted molar refractivity (Wildman–Crippen MR) is 129 cm³/mol. The highest BCUT2D eigenvalue weighted by atomic mass is 32.1. The molecule has 1 aromatic carbocycles. The van der Waals surface area contributed by atoms with Crippen molar-refractivity contribution in [3.8, 4) is 11.5 Å². The molecule has 1 saturated carbocycles. The molecule has 0 amide bonds. The number of hydrogen-bond donors (Lipinski definition) is 1. The molecule has 0 spiro atoms. The summed E-state index contributed by atoms with van der Waals surface area (Å²) in [5.41, 5.74) is 0.835. The van der Waals surface area contributed by atoms with Crippen LogP contribution < -0.4 is 14.8 Å². The van der Waals surface area contributed by atoms with Gasteiger partial charge in [-0.05, 0) is 56.9 Å². The summed E-state index contributed by atoms with van der Waals surface area (Å²) >= 11 is 1.83. The molecule has 0 radical (unpaired) electrons. The van der Waals surface area contributed by atoms with E-state index in [1.165, 1.54) is 41.9 Å². The van der Waals surface area contributed by atoms with E-state index in [-0.39, 0.29) is 6.04 Å². The predicted octanol–water partition coefficient (Wildman–Crippen LogP) is 6.78. The van der Waals surface area contributed by atoms with Crippen LogP contribution in [0.1, 0.15) is 60.6 Å². The van der Waals surface area contributed by atoms with E-state index in [2.05, 4.69) is 46.5 Å². The van der Waals surface area contributed by atoms with Crippen molar-refractivity contribution in [1.29, 1.82) is 0 Å². The molecule has 1 unspecified atom stereocenters. The SMILES string of the molecule is COc1cc2nc(C)nc(NC(C)c3ccc(/C=C/C4CCCCC4)s3)c2cc1OC. The number of rotatable bonds is 7. The molecule has 3 aromatic rings. The first kappa shape index (κ1) is 21.6. The molecule has 4 rings (SSSR count). The Balaban J connectivity index is 1.55. The van der Waals surface area contributed by atoms with E-state index in [9.17, 15) is 0 Å². The zero-order valence-corrected chi connectivity index (χ0v) is 19.6. The maximum absolute atomic E-state index is 5.49. The Morgan fingerprint density at radius 1 is 1.06 bits per heavy atom. The lowest BCUT2D eigenvalue weighted by Gasteiger charge is -2.17. The minimum atomic E-state index is 0.132. The second kappa shape index (κ2) is 9.69. The number of aryl methyl sites for hydroxylation is 1. The van der Waals surface area contributed by atoms with Gasteiger partial charge in [0.25, 0.3) is 0 Å². The van der Waals surface area contributed by atoms with Crippen LogP contribution in [0, 0.1) is 12.8 Å². The highest BCUT2D eigenvalue weighted by Crippen LogP contribution is 2.36. The molecule has 0 aliphatic heterocycles. The highest BCUT2D eigenvalue weighted by molar-refractivity contribution is 7.13. The number of methoxy groups -OCH3 is 2. The normalized spacial score (nSPS) is 16.0. The minimum Gasteiger partial charge on any atom is -0.493 e. The largest absolute Gasteiger partial charge is 0.493 e. The molecule has 5 nitrogen and oxygen atoms in total. The first-order valence-electron chi connectivity index (χ1n) is 11.0. The number of anilines is 1. The zero-order chi connectivity index (χ0) is 21.8. The van der Waals surface area contributed by atoms with E-state index < -0.39 is 0 Å². The van der Waals surface area contributed by atoms with Crippen molar-refractivity contribution >= 4 is 34.1 Å². The van der Waals surface area contributed by atoms with Crippen molar-refractivity contribution in [2.24, 2.45) is 5.92 Å². The van der Waals surface area contributed by atoms with Gasteiger partial charge in [-0.15, -0.1) is 11.3 Å². The Bertz CT molecular complexity index is 1070. The average Bonchev–Trinajstić information content (AvgIpc) is 3.26. The van der Waals surface area contributed by atoms with E-state index in [4.69, 9.17) is 9.47 Å². The summed E-state index contributed by atoms with van der Waals surface area (Å²) in [5.74, 6) is 3.61. The number of aromatic nitrogens is 2. The van der Waals surface area contributed by atoms with Gasteiger partial charge in [0.05, 0.1) is 25.8 Å². The zero-order valence-electron chi connectivity index (χ0n) is 18.8. The molecule has 31 heavy (non-hydrogen) atoms. The van der Waals surface area contributed by atoms with Crippen LogP contribution in [0.25, 0.3) is 17.0 Å². The molecule has 1 aliphatic carbocycles. The van der Waals surface area contributed by atoms with Gasteiger partial charge < -0.3 is 14.8 Å². The lowest BCUT2D eigenvalue weighted by molar-refractivity contribution is 0.356. The number of thiophene rings is 1. The molecule has 164 valence electrons. The summed E-state index contributed by atoms with van der Waals surface area (Å²) in [7, 11) is 3.28. The first-order chi connectivity index (χ1) is 15.1. The molecular weight excluding hydrogens is 406 g/mol. The van der Waals surface area contributed by atoms with Gasteiger partial charge in [-0.25, -0.2) is 9.97 Å². The molecule has 0 bridgehead atoms. The van der Waals surface area contributed by atoms with Crippen molar-refractivity contribution in [3.63, 3.8) is 0 Å². The number of nitrogens with one attached hydrogen (secondary N) is 1. The monoisotopic (exact) mass is 437 g/mol. The number of ether oxygens (including phenoxy) is 2. The van der Waals surface area contributed by atoms with Gasteiger partial charge in [0.15, 0.2) is 11.5 Å². The quantitative estimate of drug-likeness (QED) is 0.441. The number of hydrogen-bond acceptors (Lipinski definition) is 6. The van der Waals surface area contributed by atoms with Crippen LogP contribution in [0.5, 0.6) is 11.5 Å². The number of allylic oxidation sites excluding steroid dienone is 1. The first-order valence-corrected chi connectivity index (χ1v) is 11.8. The van der Waals surface area contributed by atoms with E-state index in [1.54, 1.807) is 14.2 Å². The summed E-state index contributed by atoms with van der Waals surface area (Å²) in [6, 6.07) is 8.40. The Hall–Kier alpha value is -2.60. The van der Waals surface area contributed by atoms with Gasteiger partial charge >= 0.3 is 0 Å². The third kappa shape index (κ3) is 5.01. The van der Waals surface area contributed by atoms with Crippen LogP contribution in [0.4, 0.5) is 5.82 Å². The highest BCUT2D eigenvalue weighted by Gasteiger charge is 2.16. The van der Waals surface area contributed by atoms with Crippen LogP contribution in [-0.4, -0.2) is 24.2 Å². The Labute approximate surface area is 188 Å². The van der Waals surface area contributed by atoms with Crippen LogP contribution in [-0.2, 0) is 0 Å². The molecule has 6 heteroatoms. The van der Waals surface area contributed by atoms with Gasteiger partial charge in [0.2, 0.25) is 0 Å². The van der Waals surface area contributed by atoms with Crippen LogP contribution in [0.2, 0.25) is 0 Å². The number of benzene rings is 1. The average molecular weight is 438 g/mol. The van der Waals surface area contributed by atoms with Gasteiger partial charge in [0, 0.05) is 21.2 Å². The fourth-order valence-corrected chi connectivity index (χ4v) is 5.13. The van der Waals surface area contributed by atoms with Gasteiger partial charge in [-0.3, -0.25) is 0 Å². The molecule has 1 aliphatic rings. The topological polar surface area (TPSA) is 56.3 Å². The van der Waals surface area contributed by atoms with Crippen molar-refractivity contribution in [3.05, 3.63) is 45.9 Å². The van der Waals surface area contributed by atoms with E-state index in [0.717, 1.165) is 28.5 Å². The second-order valence-corrected chi connectivity index (χ2v) is 9.35. The van der Waals surface area contributed by atoms with E-state index in [1.807, 2.05) is 30.4 Å². The van der Waals surface area contributed by atoms with Gasteiger partial charge in [-0.2, -0.15) is 0 Å².